The molecule has 182 valence electrons. The molecule has 1 atom stereocenters. The molecule has 0 fully saturated rings. The number of allylic oxidation sites excluding steroid dienone is 1. The van der Waals surface area contributed by atoms with Crippen LogP contribution in [0, 0.1) is 5.92 Å². The van der Waals surface area contributed by atoms with E-state index in [2.05, 4.69) is 36.0 Å². The molecule has 33 heavy (non-hydrogen) atoms. The number of Topliss-reactive ketones (excluding diaryl/α,β-unsaturated/α-hetero) is 1. The minimum Gasteiger partial charge on any atom is -0.507 e. The molecule has 0 spiro atoms. The lowest BCUT2D eigenvalue weighted by atomic mass is 9.99. The number of methoxy groups -OCH3 is 1. The molecule has 0 radical (unpaired) electrons. The molecule has 1 unspecified atom stereocenters. The van der Waals surface area contributed by atoms with Crippen LogP contribution in [0.15, 0.2) is 39.7 Å². The Morgan fingerprint density at radius 2 is 1.79 bits per heavy atom. The van der Waals surface area contributed by atoms with Crippen LogP contribution in [0.3, 0.4) is 0 Å². The Labute approximate surface area is 199 Å². The first-order valence-electron chi connectivity index (χ1n) is 11.1. The number of hydrogen-bond acceptors (Lipinski definition) is 7. The average Bonchev–Trinajstić information content (AvgIpc) is 3.26. The highest BCUT2D eigenvalue weighted by atomic mass is 32.1. The first-order chi connectivity index (χ1) is 15.6. The van der Waals surface area contributed by atoms with Crippen LogP contribution in [-0.4, -0.2) is 24.1 Å². The van der Waals surface area contributed by atoms with Gasteiger partial charge < -0.3 is 14.3 Å². The predicted molar refractivity (Wildman–Crippen MR) is 131 cm³/mol. The molecule has 0 saturated carbocycles. The van der Waals surface area contributed by atoms with E-state index in [0.717, 1.165) is 0 Å². The molecule has 2 rings (SSSR count). The Balaban J connectivity index is 0.000000502. The second-order valence-electron chi connectivity index (χ2n) is 7.81. The van der Waals surface area contributed by atoms with Gasteiger partial charge in [-0.2, -0.15) is 0 Å². The van der Waals surface area contributed by atoms with Crippen LogP contribution in [0.4, 0.5) is 4.79 Å². The van der Waals surface area contributed by atoms with Crippen LogP contribution in [0.5, 0.6) is 5.75 Å². The number of ether oxygens (including phenoxy) is 1. The standard InChI is InChI=1S/C17H23NO6.C8H12S/c1-10(2)15(20)14-12(19)9-13(24-16(14)21)11(3)7-5-6-8-18-17(22)23-4;1-3-7-5-6-8(4-2)9-7/h6,8-11,19H,5,7H2,1-4H3,(H,18,22);5-6H,3-4H2,1-2H3/b8-6+;. The molecule has 8 heteroatoms. The highest BCUT2D eigenvalue weighted by Crippen LogP contribution is 2.25. The maximum atomic E-state index is 12.0. The van der Waals surface area contributed by atoms with Crippen LogP contribution in [0.25, 0.3) is 0 Å². The predicted octanol–water partition coefficient (Wildman–Crippen LogP) is 5.81. The number of rotatable bonds is 9. The summed E-state index contributed by atoms with van der Waals surface area (Å²) in [5.74, 6) is -1.04. The van der Waals surface area contributed by atoms with Crippen molar-refractivity contribution in [1.82, 2.24) is 5.32 Å². The van der Waals surface area contributed by atoms with Crippen LogP contribution in [0.2, 0.25) is 0 Å². The van der Waals surface area contributed by atoms with E-state index in [1.54, 1.807) is 19.9 Å². The van der Waals surface area contributed by atoms with Gasteiger partial charge in [0.05, 0.1) is 7.11 Å². The third-order valence-corrected chi connectivity index (χ3v) is 6.27. The number of nitrogens with one attached hydrogen (secondary N) is 1. The third kappa shape index (κ3) is 9.26. The van der Waals surface area contributed by atoms with Gasteiger partial charge in [0.15, 0.2) is 5.78 Å². The Morgan fingerprint density at radius 1 is 1.18 bits per heavy atom. The van der Waals surface area contributed by atoms with E-state index < -0.39 is 23.4 Å². The number of thiophene rings is 1. The summed E-state index contributed by atoms with van der Waals surface area (Å²) in [6.07, 6.45) is 6.26. The first kappa shape index (κ1) is 28.2. The van der Waals surface area contributed by atoms with Gasteiger partial charge in [-0.3, -0.25) is 10.1 Å². The van der Waals surface area contributed by atoms with E-state index in [0.29, 0.717) is 18.6 Å². The summed E-state index contributed by atoms with van der Waals surface area (Å²) < 4.78 is 9.60. The number of amides is 1. The maximum Gasteiger partial charge on any atom is 0.410 e. The highest BCUT2D eigenvalue weighted by molar-refractivity contribution is 7.11. The molecule has 7 nitrogen and oxygen atoms in total. The topological polar surface area (TPSA) is 106 Å². The summed E-state index contributed by atoms with van der Waals surface area (Å²) in [7, 11) is 1.27. The van der Waals surface area contributed by atoms with Crippen molar-refractivity contribution in [3.8, 4) is 5.75 Å². The molecule has 2 aromatic heterocycles. The second kappa shape index (κ2) is 14.3. The van der Waals surface area contributed by atoms with Crippen molar-refractivity contribution in [2.24, 2.45) is 5.92 Å². The van der Waals surface area contributed by atoms with Crippen LogP contribution >= 0.6 is 11.3 Å². The number of hydrogen-bond donors (Lipinski definition) is 2. The molecule has 2 N–H and O–H groups in total. The summed E-state index contributed by atoms with van der Waals surface area (Å²) in [6, 6.07) is 5.77. The van der Waals surface area contributed by atoms with Gasteiger partial charge >= 0.3 is 11.7 Å². The van der Waals surface area contributed by atoms with E-state index in [1.165, 1.54) is 42.0 Å². The Morgan fingerprint density at radius 3 is 2.24 bits per heavy atom. The van der Waals surface area contributed by atoms with Crippen molar-refractivity contribution in [1.29, 1.82) is 0 Å². The summed E-state index contributed by atoms with van der Waals surface area (Å²) in [4.78, 5) is 37.8. The van der Waals surface area contributed by atoms with Crippen LogP contribution < -0.4 is 10.9 Å². The summed E-state index contributed by atoms with van der Waals surface area (Å²) in [5.41, 5.74) is -1.12. The minimum atomic E-state index is -0.821. The molecule has 0 aliphatic heterocycles. The molecule has 2 heterocycles. The van der Waals surface area contributed by atoms with Crippen molar-refractivity contribution in [3.63, 3.8) is 0 Å². The van der Waals surface area contributed by atoms with Crippen LogP contribution in [0.1, 0.15) is 79.3 Å². The number of carbonyl (C=O) groups is 2. The summed E-state index contributed by atoms with van der Waals surface area (Å²) >= 11 is 1.93. The van der Waals surface area contributed by atoms with E-state index in [9.17, 15) is 19.5 Å². The maximum absolute atomic E-state index is 12.0. The monoisotopic (exact) mass is 477 g/mol. The molecule has 0 aliphatic carbocycles. The normalized spacial score (nSPS) is 11.7. The Kier molecular flexibility index (Phi) is 12.2. The molecule has 1 amide bonds. The molecule has 0 aromatic carbocycles. The molecule has 0 saturated heterocycles. The van der Waals surface area contributed by atoms with Crippen molar-refractivity contribution in [3.05, 3.63) is 62.0 Å². The number of alkyl carbamates (subject to hydrolysis) is 1. The Hall–Kier alpha value is -2.87. The fourth-order valence-corrected chi connectivity index (χ4v) is 3.72. The minimum absolute atomic E-state index is 0.144. The van der Waals surface area contributed by atoms with E-state index in [1.807, 2.05) is 18.3 Å². The lowest BCUT2D eigenvalue weighted by Gasteiger charge is -2.11. The largest absolute Gasteiger partial charge is 0.507 e. The zero-order chi connectivity index (χ0) is 25.0. The van der Waals surface area contributed by atoms with Gasteiger partial charge in [0.2, 0.25) is 0 Å². The van der Waals surface area contributed by atoms with Crippen molar-refractivity contribution >= 4 is 23.2 Å². The van der Waals surface area contributed by atoms with Gasteiger partial charge in [-0.15, -0.1) is 11.3 Å². The lowest BCUT2D eigenvalue weighted by molar-refractivity contribution is 0.0931. The van der Waals surface area contributed by atoms with Crippen molar-refractivity contribution in [2.45, 2.75) is 66.2 Å². The van der Waals surface area contributed by atoms with Gasteiger partial charge in [0.25, 0.3) is 0 Å². The summed E-state index contributed by atoms with van der Waals surface area (Å²) in [5, 5.41) is 12.4. The average molecular weight is 478 g/mol. The second-order valence-corrected chi connectivity index (χ2v) is 9.06. The molecular weight excluding hydrogens is 442 g/mol. The SMILES string of the molecule is CCc1ccc(CC)s1.COC(=O)N/C=C/CCC(C)c1cc(O)c(C(=O)C(C)C)c(=O)o1. The molecule has 0 bridgehead atoms. The van der Waals surface area contributed by atoms with Gasteiger partial charge in [0, 0.05) is 33.9 Å². The molecule has 0 aliphatic rings. The lowest BCUT2D eigenvalue weighted by Crippen LogP contribution is -2.19. The zero-order valence-corrected chi connectivity index (χ0v) is 21.1. The van der Waals surface area contributed by atoms with Gasteiger partial charge in [0.1, 0.15) is 17.1 Å². The highest BCUT2D eigenvalue weighted by Gasteiger charge is 2.22. The van der Waals surface area contributed by atoms with Crippen molar-refractivity contribution < 1.29 is 23.8 Å². The number of carbonyl (C=O) groups excluding carboxylic acids is 2. The summed E-state index contributed by atoms with van der Waals surface area (Å²) in [6.45, 7) is 9.53. The van der Waals surface area contributed by atoms with Gasteiger partial charge in [-0.1, -0.05) is 40.7 Å². The van der Waals surface area contributed by atoms with Crippen LogP contribution in [-0.2, 0) is 17.6 Å². The van der Waals surface area contributed by atoms with Gasteiger partial charge in [-0.25, -0.2) is 9.59 Å². The number of ketones is 1. The van der Waals surface area contributed by atoms with E-state index >= 15 is 0 Å². The fourth-order valence-electron chi connectivity index (χ4n) is 2.82. The molecular formula is C25H35NO6S. The zero-order valence-electron chi connectivity index (χ0n) is 20.3. The molecule has 2 aromatic rings. The van der Waals surface area contributed by atoms with E-state index in [-0.39, 0.29) is 17.2 Å². The quantitative estimate of drug-likeness (QED) is 0.442. The number of aromatic hydroxyl groups is 1. The van der Waals surface area contributed by atoms with Gasteiger partial charge in [-0.05, 0) is 37.8 Å². The van der Waals surface area contributed by atoms with E-state index in [4.69, 9.17) is 4.42 Å². The first-order valence-corrected chi connectivity index (χ1v) is 11.9. The fraction of sp³-hybridized carbons (Fsp3) is 0.480. The Bertz CT molecular complexity index is 971. The smallest absolute Gasteiger partial charge is 0.410 e. The third-order valence-electron chi connectivity index (χ3n) is 4.89. The number of aryl methyl sites for hydroxylation is 2. The van der Waals surface area contributed by atoms with Crippen molar-refractivity contribution in [2.75, 3.05) is 7.11 Å².